The van der Waals surface area contributed by atoms with Crippen molar-refractivity contribution in [1.82, 2.24) is 4.90 Å². The second kappa shape index (κ2) is 22.4. The second-order valence-corrected chi connectivity index (χ2v) is 18.6. The van der Waals surface area contributed by atoms with Gasteiger partial charge in [0.25, 0.3) is 11.7 Å². The molecule has 62 heavy (non-hydrogen) atoms. The van der Waals surface area contributed by atoms with Crippen LogP contribution in [0.1, 0.15) is 112 Å². The number of allylic oxidation sites excluding steroid dienone is 3. The molecule has 14 atom stereocenters. The van der Waals surface area contributed by atoms with Gasteiger partial charge in [-0.3, -0.25) is 14.4 Å². The lowest BCUT2D eigenvalue weighted by atomic mass is 9.81. The lowest BCUT2D eigenvalue weighted by Gasteiger charge is -2.47. The van der Waals surface area contributed by atoms with Gasteiger partial charge in [-0.1, -0.05) is 63.6 Å². The quantitative estimate of drug-likeness (QED) is 0.164. The van der Waals surface area contributed by atoms with E-state index in [1.807, 2.05) is 57.2 Å². The summed E-state index contributed by atoms with van der Waals surface area (Å²) in [7, 11) is 4.75. The molecular formula is C49H73NO12. The summed E-state index contributed by atoms with van der Waals surface area (Å²) < 4.78 is 36.6. The highest BCUT2D eigenvalue weighted by Crippen LogP contribution is 2.39. The van der Waals surface area contributed by atoms with Crippen molar-refractivity contribution < 1.29 is 57.8 Å². The number of methoxy groups -OCH3 is 3. The Balaban J connectivity index is 1.49. The van der Waals surface area contributed by atoms with Gasteiger partial charge in [0.1, 0.15) is 35.9 Å². The van der Waals surface area contributed by atoms with Crippen LogP contribution in [-0.4, -0.2) is 121 Å². The number of Topliss-reactive ketones (excluding diaryl/α,β-unsaturated/α-hetero) is 2. The monoisotopic (exact) mass is 868 g/mol. The number of ether oxygens (including phenoxy) is 6. The van der Waals surface area contributed by atoms with Gasteiger partial charge in [0, 0.05) is 52.0 Å². The molecule has 13 nitrogen and oxygen atoms in total. The first-order valence-electron chi connectivity index (χ1n) is 22.9. The van der Waals surface area contributed by atoms with Crippen LogP contribution in [0.3, 0.4) is 0 Å². The van der Waals surface area contributed by atoms with E-state index in [4.69, 9.17) is 28.4 Å². The van der Waals surface area contributed by atoms with Crippen molar-refractivity contribution in [3.05, 3.63) is 53.6 Å². The summed E-state index contributed by atoms with van der Waals surface area (Å²) in [6.07, 6.45) is 4.80. The van der Waals surface area contributed by atoms with Crippen LogP contribution in [0.15, 0.2) is 53.6 Å². The van der Waals surface area contributed by atoms with E-state index in [0.717, 1.165) is 24.2 Å². The lowest BCUT2D eigenvalue weighted by molar-refractivity contribution is -0.302. The number of aliphatic hydroxyl groups excluding tert-OH is 1. The van der Waals surface area contributed by atoms with Gasteiger partial charge in [-0.05, 0) is 108 Å². The van der Waals surface area contributed by atoms with Crippen molar-refractivity contribution in [1.29, 1.82) is 0 Å². The Kier molecular flexibility index (Phi) is 17.9. The Hall–Kier alpha value is -3.46. The summed E-state index contributed by atoms with van der Waals surface area (Å²) in [6.45, 7) is 11.4. The zero-order valence-corrected chi connectivity index (χ0v) is 38.5. The van der Waals surface area contributed by atoms with E-state index in [-0.39, 0.29) is 55.6 Å². The van der Waals surface area contributed by atoms with Crippen LogP contribution in [0.25, 0.3) is 0 Å². The minimum atomic E-state index is -2.50. The number of para-hydroxylation sites is 1. The third-order valence-electron chi connectivity index (χ3n) is 13.9. The molecular weight excluding hydrogens is 795 g/mol. The molecule has 2 saturated heterocycles. The number of esters is 1. The Morgan fingerprint density at radius 2 is 1.56 bits per heavy atom. The second-order valence-electron chi connectivity index (χ2n) is 18.6. The van der Waals surface area contributed by atoms with Gasteiger partial charge >= 0.3 is 5.97 Å². The number of carbonyl (C=O) groups is 4. The molecule has 3 fully saturated rings. The fraction of sp³-hybridized carbons (Fsp3) is 0.714. The highest BCUT2D eigenvalue weighted by Gasteiger charge is 2.56. The number of aliphatic hydroxyl groups is 2. The van der Waals surface area contributed by atoms with Crippen LogP contribution < -0.4 is 4.74 Å². The average Bonchev–Trinajstić information content (AvgIpc) is 3.26. The number of fused-ring (bicyclic) bond motifs is 3. The zero-order valence-electron chi connectivity index (χ0n) is 38.5. The molecule has 13 heteroatoms. The van der Waals surface area contributed by atoms with E-state index in [2.05, 4.69) is 13.0 Å². The van der Waals surface area contributed by atoms with E-state index < -0.39 is 77.8 Å². The fourth-order valence-electron chi connectivity index (χ4n) is 10.2. The molecule has 4 aliphatic rings. The lowest BCUT2D eigenvalue weighted by Crippen LogP contribution is -2.64. The number of hydrogen-bond acceptors (Lipinski definition) is 12. The highest BCUT2D eigenvalue weighted by molar-refractivity contribution is 6.39. The Morgan fingerprint density at radius 3 is 2.23 bits per heavy atom. The third kappa shape index (κ3) is 11.8. The molecule has 3 aliphatic heterocycles. The molecule has 0 unspecified atom stereocenters. The average molecular weight is 868 g/mol. The Bertz CT molecular complexity index is 1730. The first kappa shape index (κ1) is 49.6. The number of piperidine rings is 1. The Morgan fingerprint density at radius 1 is 0.887 bits per heavy atom. The van der Waals surface area contributed by atoms with Crippen LogP contribution in [0.2, 0.25) is 0 Å². The smallest absolute Gasteiger partial charge is 0.329 e. The first-order valence-corrected chi connectivity index (χ1v) is 22.9. The molecule has 1 amide bonds. The number of nitrogens with zero attached hydrogens (tertiary/aromatic N) is 1. The standard InChI is InChI=1S/C49H73NO12/c1-10-35-23-29(2)22-30(3)24-42(58-8)45-43(59-9)26-32(5)49(56,62-45)46(53)47(54)50-21-15-14-18-37(50)48(55)61-44(33(6)38(51)28-39(35)52)31(4)25-34-19-20-40(41(27-34)57-7)60-36-16-12-11-13-17-36/h11-13,16-17,23,25,30,32-35,37-38,40-45,51,56H,10,14-15,18-22,24,26-28H2,1-9H3/b29-23+,31-25+/t30-,32+,33+,34-,35+,37-,38-,40+,41+,42-,43-,44+,45+,49+/m0/s1. The van der Waals surface area contributed by atoms with Crippen molar-refractivity contribution in [2.75, 3.05) is 27.9 Å². The molecule has 3 heterocycles. The molecule has 1 aromatic carbocycles. The largest absolute Gasteiger partial charge is 0.488 e. The minimum absolute atomic E-state index is 0.0350. The predicted molar refractivity (Wildman–Crippen MR) is 233 cm³/mol. The number of hydrogen-bond donors (Lipinski definition) is 2. The van der Waals surface area contributed by atoms with Crippen LogP contribution in [0, 0.1) is 29.6 Å². The number of ketones is 2. The summed E-state index contributed by atoms with van der Waals surface area (Å²) >= 11 is 0. The van der Waals surface area contributed by atoms with Crippen LogP contribution >= 0.6 is 0 Å². The molecule has 5 rings (SSSR count). The van der Waals surface area contributed by atoms with E-state index >= 15 is 0 Å². The van der Waals surface area contributed by atoms with Crippen LogP contribution in [0.5, 0.6) is 5.75 Å². The zero-order chi connectivity index (χ0) is 45.3. The number of amides is 1. The summed E-state index contributed by atoms with van der Waals surface area (Å²) in [5, 5.41) is 23.9. The fourth-order valence-corrected chi connectivity index (χ4v) is 10.2. The molecule has 0 radical (unpaired) electrons. The summed E-state index contributed by atoms with van der Waals surface area (Å²) in [4.78, 5) is 58.2. The van der Waals surface area contributed by atoms with Gasteiger partial charge in [0.15, 0.2) is 0 Å². The third-order valence-corrected chi connectivity index (χ3v) is 13.9. The first-order chi connectivity index (χ1) is 29.5. The van der Waals surface area contributed by atoms with Gasteiger partial charge in [-0.2, -0.15) is 0 Å². The van der Waals surface area contributed by atoms with Crippen molar-refractivity contribution in [3.63, 3.8) is 0 Å². The number of cyclic esters (lactones) is 1. The molecule has 0 aromatic heterocycles. The van der Waals surface area contributed by atoms with E-state index in [1.54, 1.807) is 21.0 Å². The van der Waals surface area contributed by atoms with E-state index in [1.165, 1.54) is 19.1 Å². The molecule has 0 spiro atoms. The predicted octanol–water partition coefficient (Wildman–Crippen LogP) is 6.56. The van der Waals surface area contributed by atoms with Crippen molar-refractivity contribution in [2.45, 2.75) is 167 Å². The molecule has 1 aromatic rings. The minimum Gasteiger partial charge on any atom is -0.488 e. The van der Waals surface area contributed by atoms with Gasteiger partial charge in [-0.25, -0.2) is 4.79 Å². The molecule has 2 N–H and O–H groups in total. The molecule has 346 valence electrons. The Labute approximate surface area is 368 Å². The van der Waals surface area contributed by atoms with Crippen LogP contribution in [-0.2, 0) is 42.9 Å². The summed E-state index contributed by atoms with van der Waals surface area (Å²) in [6, 6.07) is 8.51. The molecule has 1 aliphatic carbocycles. The summed E-state index contributed by atoms with van der Waals surface area (Å²) in [5.74, 6) is -6.65. The highest BCUT2D eigenvalue weighted by atomic mass is 16.7. The maximum absolute atomic E-state index is 14.5. The van der Waals surface area contributed by atoms with E-state index in [9.17, 15) is 29.4 Å². The van der Waals surface area contributed by atoms with Gasteiger partial charge in [0.2, 0.25) is 5.79 Å². The molecule has 1 saturated carbocycles. The maximum atomic E-state index is 14.5. The van der Waals surface area contributed by atoms with Gasteiger partial charge < -0.3 is 43.5 Å². The van der Waals surface area contributed by atoms with Gasteiger partial charge in [0.05, 0.1) is 24.4 Å². The van der Waals surface area contributed by atoms with Crippen LogP contribution in [0.4, 0.5) is 0 Å². The van der Waals surface area contributed by atoms with E-state index in [0.29, 0.717) is 44.1 Å². The van der Waals surface area contributed by atoms with Crippen molar-refractivity contribution in [2.24, 2.45) is 29.6 Å². The number of carbonyl (C=O) groups excluding carboxylic acids is 4. The van der Waals surface area contributed by atoms with Crippen molar-refractivity contribution in [3.8, 4) is 5.75 Å². The maximum Gasteiger partial charge on any atom is 0.329 e. The molecule has 2 bridgehead atoms. The SMILES string of the molecule is CC[C@@H]1/C=C(\C)C[C@H](C)C[C@H](OC)[C@H]2O[C@@](O)(C(=O)C(=O)N3CCCC[C@H]3C(=O)O[C@H](/C(C)=C/[C@@H]3CC[C@@H](Oc4ccccc4)[C@H](OC)C3)[C@H](C)[C@@H](O)CC1=O)[C@H](C)C[C@@H]2OC. The normalized spacial score (nSPS) is 38.6. The van der Waals surface area contributed by atoms with Gasteiger partial charge in [-0.15, -0.1) is 0 Å². The summed E-state index contributed by atoms with van der Waals surface area (Å²) in [5.41, 5.74) is 1.70. The number of rotatable bonds is 8. The van der Waals surface area contributed by atoms with Crippen molar-refractivity contribution >= 4 is 23.4 Å². The number of benzene rings is 1. The topological polar surface area (TPSA) is 167 Å².